The zero-order valence-electron chi connectivity index (χ0n) is 17.7. The summed E-state index contributed by atoms with van der Waals surface area (Å²) >= 11 is 1.59. The van der Waals surface area contributed by atoms with Crippen LogP contribution in [0.25, 0.3) is 16.7 Å². The highest BCUT2D eigenvalue weighted by atomic mass is 32.2. The number of tetrazole rings is 1. The van der Waals surface area contributed by atoms with Crippen molar-refractivity contribution in [1.29, 1.82) is 0 Å². The molecule has 2 heterocycles. The molecule has 34 heavy (non-hydrogen) atoms. The number of para-hydroxylation sites is 2. The second kappa shape index (κ2) is 9.55. The lowest BCUT2D eigenvalue weighted by molar-refractivity contribution is 0.0846. The lowest BCUT2D eigenvalue weighted by Crippen LogP contribution is -2.41. The number of fused-ring (bicyclic) bond motifs is 1. The second-order valence-electron chi connectivity index (χ2n) is 7.25. The standard InChI is InChI=1S/C23H18N8O2S/c32-21(27-28-22(33)17-9-11-18(12-10-17)31-14-24-29-30-31)16-7-5-15(6-8-16)13-34-23-25-19-3-1-2-4-20(19)26-23/h1-12,14H,13H2,(H,25,26)(H,27,32)(H,28,33). The molecule has 0 radical (unpaired) electrons. The maximum absolute atomic E-state index is 12.4. The molecule has 10 nitrogen and oxygen atoms in total. The fourth-order valence-electron chi connectivity index (χ4n) is 3.20. The number of carbonyl (C=O) groups is 2. The van der Waals surface area contributed by atoms with Crippen LogP contribution < -0.4 is 10.9 Å². The van der Waals surface area contributed by atoms with Crippen molar-refractivity contribution in [3.8, 4) is 5.69 Å². The van der Waals surface area contributed by atoms with Crippen molar-refractivity contribution in [2.75, 3.05) is 0 Å². The largest absolute Gasteiger partial charge is 0.333 e. The molecule has 0 fully saturated rings. The lowest BCUT2D eigenvalue weighted by Gasteiger charge is -2.08. The molecule has 0 saturated carbocycles. The average molecular weight is 471 g/mol. The van der Waals surface area contributed by atoms with Crippen LogP contribution in [-0.2, 0) is 5.75 Å². The molecule has 0 aliphatic heterocycles. The van der Waals surface area contributed by atoms with Gasteiger partial charge in [0.15, 0.2) is 5.16 Å². The zero-order valence-corrected chi connectivity index (χ0v) is 18.5. The van der Waals surface area contributed by atoms with Crippen molar-refractivity contribution >= 4 is 34.6 Å². The molecule has 2 amide bonds. The number of aromatic amines is 1. The van der Waals surface area contributed by atoms with Gasteiger partial charge in [-0.25, -0.2) is 9.67 Å². The van der Waals surface area contributed by atoms with E-state index in [4.69, 9.17) is 0 Å². The monoisotopic (exact) mass is 470 g/mol. The second-order valence-corrected chi connectivity index (χ2v) is 8.22. The van der Waals surface area contributed by atoms with Gasteiger partial charge in [0.2, 0.25) is 0 Å². The Balaban J connectivity index is 1.13. The number of benzene rings is 3. The number of H-pyrrole nitrogens is 1. The maximum Gasteiger partial charge on any atom is 0.269 e. The smallest absolute Gasteiger partial charge is 0.269 e. The van der Waals surface area contributed by atoms with Crippen molar-refractivity contribution in [3.63, 3.8) is 0 Å². The number of hydrogen-bond acceptors (Lipinski definition) is 7. The van der Waals surface area contributed by atoms with Crippen LogP contribution in [0.1, 0.15) is 26.3 Å². The first-order valence-corrected chi connectivity index (χ1v) is 11.2. The van der Waals surface area contributed by atoms with Crippen LogP contribution in [0.5, 0.6) is 0 Å². The van der Waals surface area contributed by atoms with E-state index in [0.29, 0.717) is 22.6 Å². The first-order valence-electron chi connectivity index (χ1n) is 10.3. The van der Waals surface area contributed by atoms with Crippen LogP contribution >= 0.6 is 11.8 Å². The van der Waals surface area contributed by atoms with Crippen molar-refractivity contribution in [1.82, 2.24) is 41.0 Å². The molecule has 0 unspecified atom stereocenters. The van der Waals surface area contributed by atoms with Gasteiger partial charge in [-0.05, 0) is 64.5 Å². The van der Waals surface area contributed by atoms with E-state index in [2.05, 4.69) is 36.3 Å². The molecule has 0 aliphatic carbocycles. The van der Waals surface area contributed by atoms with E-state index in [1.807, 2.05) is 36.4 Å². The Morgan fingerprint density at radius 2 is 1.56 bits per heavy atom. The number of rotatable bonds is 6. The number of nitrogens with one attached hydrogen (secondary N) is 3. The van der Waals surface area contributed by atoms with E-state index in [-0.39, 0.29) is 0 Å². The van der Waals surface area contributed by atoms with Crippen molar-refractivity contribution in [2.24, 2.45) is 0 Å². The number of imidazole rings is 1. The number of hydrazine groups is 1. The van der Waals surface area contributed by atoms with E-state index >= 15 is 0 Å². The molecule has 0 atom stereocenters. The summed E-state index contributed by atoms with van der Waals surface area (Å²) in [6.45, 7) is 0. The van der Waals surface area contributed by atoms with Crippen molar-refractivity contribution in [2.45, 2.75) is 10.9 Å². The van der Waals surface area contributed by atoms with Gasteiger partial charge >= 0.3 is 0 Å². The molecule has 168 valence electrons. The predicted molar refractivity (Wildman–Crippen MR) is 126 cm³/mol. The van der Waals surface area contributed by atoms with Crippen LogP contribution in [0.15, 0.2) is 84.3 Å². The molecule has 0 bridgehead atoms. The topological polar surface area (TPSA) is 130 Å². The summed E-state index contributed by atoms with van der Waals surface area (Å²) in [5, 5.41) is 11.8. The minimum absolute atomic E-state index is 0.384. The zero-order chi connectivity index (χ0) is 23.3. The highest BCUT2D eigenvalue weighted by molar-refractivity contribution is 7.98. The van der Waals surface area contributed by atoms with Gasteiger partial charge in [0.25, 0.3) is 11.8 Å². The SMILES string of the molecule is O=C(NNC(=O)c1ccc(-n2cnnn2)cc1)c1ccc(CSc2nc3ccccc3[nH]2)cc1. The number of carbonyl (C=O) groups excluding carboxylic acids is 2. The number of amides is 2. The number of hydrogen-bond donors (Lipinski definition) is 3. The summed E-state index contributed by atoms with van der Waals surface area (Å²) in [5.41, 5.74) is 9.38. The molecule has 5 rings (SSSR count). The molecule has 2 aromatic heterocycles. The van der Waals surface area contributed by atoms with Gasteiger partial charge in [0.05, 0.1) is 16.7 Å². The fourth-order valence-corrected chi connectivity index (χ4v) is 4.05. The summed E-state index contributed by atoms with van der Waals surface area (Å²) in [5.74, 6) is -0.135. The molecule has 5 aromatic rings. The molecular weight excluding hydrogens is 452 g/mol. The molecule has 11 heteroatoms. The van der Waals surface area contributed by atoms with Gasteiger partial charge in [-0.3, -0.25) is 20.4 Å². The van der Waals surface area contributed by atoms with Gasteiger partial charge in [0, 0.05) is 16.9 Å². The maximum atomic E-state index is 12.4. The van der Waals surface area contributed by atoms with Gasteiger partial charge in [0.1, 0.15) is 6.33 Å². The Morgan fingerprint density at radius 1 is 0.882 bits per heavy atom. The van der Waals surface area contributed by atoms with Crippen LogP contribution in [0.4, 0.5) is 0 Å². The van der Waals surface area contributed by atoms with Gasteiger partial charge in [-0.2, -0.15) is 0 Å². The Bertz CT molecular complexity index is 1400. The minimum Gasteiger partial charge on any atom is -0.333 e. The van der Waals surface area contributed by atoms with Crippen LogP contribution in [-0.4, -0.2) is 42.0 Å². The third-order valence-corrected chi connectivity index (χ3v) is 5.94. The van der Waals surface area contributed by atoms with Gasteiger partial charge in [-0.15, -0.1) is 5.10 Å². The number of aromatic nitrogens is 6. The van der Waals surface area contributed by atoms with Crippen LogP contribution in [0, 0.1) is 0 Å². The summed E-state index contributed by atoms with van der Waals surface area (Å²) in [7, 11) is 0. The highest BCUT2D eigenvalue weighted by Gasteiger charge is 2.10. The van der Waals surface area contributed by atoms with E-state index in [1.54, 1.807) is 48.2 Å². The summed E-state index contributed by atoms with van der Waals surface area (Å²) in [4.78, 5) is 32.6. The Morgan fingerprint density at radius 3 is 2.21 bits per heavy atom. The van der Waals surface area contributed by atoms with E-state index < -0.39 is 11.8 Å². The third-order valence-electron chi connectivity index (χ3n) is 4.99. The van der Waals surface area contributed by atoms with E-state index in [1.165, 1.54) is 11.0 Å². The molecular formula is C23H18N8O2S. The van der Waals surface area contributed by atoms with E-state index in [9.17, 15) is 9.59 Å². The Kier molecular flexibility index (Phi) is 5.99. The predicted octanol–water partition coefficient (Wildman–Crippen LogP) is 2.91. The Labute approximate surface area is 197 Å². The van der Waals surface area contributed by atoms with Crippen LogP contribution in [0.3, 0.4) is 0 Å². The summed E-state index contributed by atoms with van der Waals surface area (Å²) in [6, 6.07) is 21.7. The molecule has 0 spiro atoms. The van der Waals surface area contributed by atoms with Gasteiger partial charge < -0.3 is 4.98 Å². The van der Waals surface area contributed by atoms with Crippen LogP contribution in [0.2, 0.25) is 0 Å². The average Bonchev–Trinajstić information content (AvgIpc) is 3.56. The van der Waals surface area contributed by atoms with Crippen molar-refractivity contribution < 1.29 is 9.59 Å². The molecule has 3 aromatic carbocycles. The first-order chi connectivity index (χ1) is 16.7. The highest BCUT2D eigenvalue weighted by Crippen LogP contribution is 2.23. The molecule has 3 N–H and O–H groups in total. The number of nitrogens with zero attached hydrogens (tertiary/aromatic N) is 5. The fraction of sp³-hybridized carbons (Fsp3) is 0.0435. The normalized spacial score (nSPS) is 10.8. The number of thioether (sulfide) groups is 1. The minimum atomic E-state index is -0.435. The summed E-state index contributed by atoms with van der Waals surface area (Å²) in [6.07, 6.45) is 1.46. The van der Waals surface area contributed by atoms with Crippen molar-refractivity contribution in [3.05, 3.63) is 95.8 Å². The first kappa shape index (κ1) is 21.3. The van der Waals surface area contributed by atoms with E-state index in [0.717, 1.165) is 21.8 Å². The molecule has 0 aliphatic rings. The molecule has 0 saturated heterocycles. The lowest BCUT2D eigenvalue weighted by atomic mass is 10.1. The quantitative estimate of drug-likeness (QED) is 0.257. The summed E-state index contributed by atoms with van der Waals surface area (Å²) < 4.78 is 1.47. The third kappa shape index (κ3) is 4.79. The van der Waals surface area contributed by atoms with Gasteiger partial charge in [-0.1, -0.05) is 36.0 Å². The Hall–Kier alpha value is -4.51.